The van der Waals surface area contributed by atoms with Gasteiger partial charge >= 0.3 is 12.4 Å². The van der Waals surface area contributed by atoms with Crippen molar-refractivity contribution in [1.29, 1.82) is 0 Å². The van der Waals surface area contributed by atoms with E-state index in [0.717, 1.165) is 16.8 Å². The number of benzene rings is 2. The van der Waals surface area contributed by atoms with E-state index in [2.05, 4.69) is 10.3 Å². The van der Waals surface area contributed by atoms with Crippen LogP contribution < -0.4 is 5.32 Å². The monoisotopic (exact) mass is 518 g/mol. The highest BCUT2D eigenvalue weighted by atomic mass is 19.4. The molecule has 0 aliphatic heterocycles. The summed E-state index contributed by atoms with van der Waals surface area (Å²) in [5.74, 6) is -1.92. The summed E-state index contributed by atoms with van der Waals surface area (Å²) in [6, 6.07) is 16.0. The van der Waals surface area contributed by atoms with Crippen LogP contribution in [-0.2, 0) is 22.7 Å². The van der Waals surface area contributed by atoms with Gasteiger partial charge in [0.2, 0.25) is 5.91 Å². The summed E-state index contributed by atoms with van der Waals surface area (Å²) in [6.07, 6.45) is -4.89. The van der Waals surface area contributed by atoms with Gasteiger partial charge in [-0.25, -0.2) is 0 Å². The summed E-state index contributed by atoms with van der Waals surface area (Å²) in [6.45, 7) is 1.31. The molecule has 1 heterocycles. The number of pyridine rings is 1. The fourth-order valence-corrected chi connectivity index (χ4v) is 4.56. The fourth-order valence-electron chi connectivity index (χ4n) is 4.56. The molecule has 0 fully saturated rings. The topological polar surface area (TPSA) is 42.0 Å². The number of halogens is 6. The second kappa shape index (κ2) is 10.0. The van der Waals surface area contributed by atoms with Gasteiger partial charge in [-0.3, -0.25) is 9.78 Å². The van der Waals surface area contributed by atoms with Crippen molar-refractivity contribution in [2.24, 2.45) is 0 Å². The highest BCUT2D eigenvalue weighted by Gasteiger charge is 2.40. The van der Waals surface area contributed by atoms with Crippen LogP contribution in [0, 0.1) is 0 Å². The smallest absolute Gasteiger partial charge is 0.346 e. The maximum atomic E-state index is 13.4. The number of allylic oxidation sites excluding steroid dienone is 1. The number of hydrogen-bond acceptors (Lipinski definition) is 2. The van der Waals surface area contributed by atoms with Crippen LogP contribution in [0.2, 0.25) is 0 Å². The molecule has 194 valence electrons. The lowest BCUT2D eigenvalue weighted by Crippen LogP contribution is -2.48. The maximum Gasteiger partial charge on any atom is 0.416 e. The van der Waals surface area contributed by atoms with Crippen LogP contribution >= 0.6 is 0 Å². The molecular weight excluding hydrogens is 494 g/mol. The van der Waals surface area contributed by atoms with Gasteiger partial charge in [-0.05, 0) is 73.2 Å². The van der Waals surface area contributed by atoms with Crippen LogP contribution in [0.3, 0.4) is 0 Å². The van der Waals surface area contributed by atoms with Crippen molar-refractivity contribution in [2.75, 3.05) is 0 Å². The van der Waals surface area contributed by atoms with Crippen LogP contribution in [-0.4, -0.2) is 10.9 Å². The van der Waals surface area contributed by atoms with E-state index in [4.69, 9.17) is 0 Å². The average Bonchev–Trinajstić information content (AvgIpc) is 2.88. The number of nitrogens with zero attached hydrogens (tertiary/aromatic N) is 1. The Balaban J connectivity index is 1.67. The zero-order valence-corrected chi connectivity index (χ0v) is 19.8. The molecule has 3 aromatic rings. The van der Waals surface area contributed by atoms with E-state index in [0.29, 0.717) is 31.4 Å². The van der Waals surface area contributed by atoms with Crippen LogP contribution in [0.1, 0.15) is 60.1 Å². The first-order valence-corrected chi connectivity index (χ1v) is 11.7. The lowest BCUT2D eigenvalue weighted by atomic mass is 9.76. The number of hydrogen-bond donors (Lipinski definition) is 1. The molecule has 3 nitrogen and oxygen atoms in total. The normalized spacial score (nSPS) is 19.2. The molecule has 0 saturated heterocycles. The van der Waals surface area contributed by atoms with E-state index < -0.39 is 40.8 Å². The number of aromatic nitrogens is 1. The van der Waals surface area contributed by atoms with Gasteiger partial charge in [0.05, 0.1) is 28.3 Å². The number of alkyl halides is 6. The Morgan fingerprint density at radius 1 is 0.919 bits per heavy atom. The van der Waals surface area contributed by atoms with E-state index >= 15 is 0 Å². The van der Waals surface area contributed by atoms with Gasteiger partial charge in [0, 0.05) is 6.20 Å². The Bertz CT molecular complexity index is 1250. The standard InChI is InChI=1S/C28H24F6N2O/c1-18(20-15-22(27(29,30)31)17-23(16-20)28(32,33)34)25(37)36-26(21-7-3-2-4-8-21)12-10-19(11-13-26)24-9-5-6-14-35-24/h2-10,14-18H,11-13H2,1H3,(H,36,37). The number of carbonyl (C=O) groups excluding carboxylic acids is 1. The van der Waals surface area contributed by atoms with Gasteiger partial charge in [0.25, 0.3) is 0 Å². The van der Waals surface area contributed by atoms with E-state index in [9.17, 15) is 31.1 Å². The highest BCUT2D eigenvalue weighted by molar-refractivity contribution is 5.84. The van der Waals surface area contributed by atoms with Gasteiger partial charge < -0.3 is 5.32 Å². The molecule has 4 rings (SSSR count). The van der Waals surface area contributed by atoms with Crippen molar-refractivity contribution in [3.05, 3.63) is 107 Å². The average molecular weight is 519 g/mol. The van der Waals surface area contributed by atoms with Crippen LogP contribution in [0.25, 0.3) is 5.57 Å². The predicted octanol–water partition coefficient (Wildman–Crippen LogP) is 7.50. The zero-order valence-electron chi connectivity index (χ0n) is 19.8. The van der Waals surface area contributed by atoms with E-state index in [1.165, 1.54) is 6.92 Å². The first kappa shape index (κ1) is 26.4. The molecular formula is C28H24F6N2O. The van der Waals surface area contributed by atoms with E-state index in [-0.39, 0.29) is 11.6 Å². The fraction of sp³-hybridized carbons (Fsp3) is 0.286. The summed E-state index contributed by atoms with van der Waals surface area (Å²) >= 11 is 0. The largest absolute Gasteiger partial charge is 0.416 e. The van der Waals surface area contributed by atoms with Crippen molar-refractivity contribution in [1.82, 2.24) is 10.3 Å². The Labute approximate surface area is 210 Å². The zero-order chi connectivity index (χ0) is 26.8. The molecule has 1 N–H and O–H groups in total. The second-order valence-corrected chi connectivity index (χ2v) is 9.15. The van der Waals surface area contributed by atoms with E-state index in [1.807, 2.05) is 48.5 Å². The molecule has 1 aliphatic carbocycles. The Hall–Kier alpha value is -3.62. The summed E-state index contributed by atoms with van der Waals surface area (Å²) in [7, 11) is 0. The molecule has 0 radical (unpaired) electrons. The molecule has 0 spiro atoms. The first-order chi connectivity index (χ1) is 17.4. The number of rotatable bonds is 5. The number of carbonyl (C=O) groups is 1. The third kappa shape index (κ3) is 5.87. The number of amides is 1. The second-order valence-electron chi connectivity index (χ2n) is 9.15. The van der Waals surface area contributed by atoms with Crippen LogP contribution in [0.4, 0.5) is 26.3 Å². The minimum atomic E-state index is -4.99. The summed E-state index contributed by atoms with van der Waals surface area (Å²) in [4.78, 5) is 17.7. The summed E-state index contributed by atoms with van der Waals surface area (Å²) in [5.41, 5.74) is -1.52. The van der Waals surface area contributed by atoms with Crippen molar-refractivity contribution < 1.29 is 31.1 Å². The van der Waals surface area contributed by atoms with Crippen molar-refractivity contribution in [3.8, 4) is 0 Å². The lowest BCUT2D eigenvalue weighted by molar-refractivity contribution is -0.143. The molecule has 37 heavy (non-hydrogen) atoms. The molecule has 2 aromatic carbocycles. The Morgan fingerprint density at radius 2 is 1.54 bits per heavy atom. The van der Waals surface area contributed by atoms with Crippen molar-refractivity contribution in [2.45, 2.75) is 50.0 Å². The summed E-state index contributed by atoms with van der Waals surface area (Å²) in [5, 5.41) is 2.97. The minimum Gasteiger partial charge on any atom is -0.346 e. The quantitative estimate of drug-likeness (QED) is 0.356. The van der Waals surface area contributed by atoms with Gasteiger partial charge in [-0.15, -0.1) is 0 Å². The molecule has 2 unspecified atom stereocenters. The number of nitrogens with one attached hydrogen (secondary N) is 1. The molecule has 9 heteroatoms. The minimum absolute atomic E-state index is 0.0602. The van der Waals surface area contributed by atoms with Gasteiger partial charge in [-0.1, -0.05) is 42.5 Å². The molecule has 1 amide bonds. The molecule has 0 bridgehead atoms. The SMILES string of the molecule is CC(C(=O)NC1(c2ccccc2)CC=C(c2ccccn2)CC1)c1cc(C(F)(F)F)cc(C(F)(F)F)c1. The van der Waals surface area contributed by atoms with Gasteiger partial charge in [-0.2, -0.15) is 26.3 Å². The van der Waals surface area contributed by atoms with Crippen molar-refractivity contribution in [3.63, 3.8) is 0 Å². The first-order valence-electron chi connectivity index (χ1n) is 11.7. The molecule has 2 atom stereocenters. The lowest BCUT2D eigenvalue weighted by Gasteiger charge is -2.39. The van der Waals surface area contributed by atoms with Crippen LogP contribution in [0.5, 0.6) is 0 Å². The van der Waals surface area contributed by atoms with Gasteiger partial charge in [0.1, 0.15) is 0 Å². The van der Waals surface area contributed by atoms with Crippen molar-refractivity contribution >= 4 is 11.5 Å². The molecule has 1 aromatic heterocycles. The van der Waals surface area contributed by atoms with Crippen LogP contribution in [0.15, 0.2) is 79.0 Å². The third-order valence-corrected chi connectivity index (χ3v) is 6.70. The molecule has 0 saturated carbocycles. The Kier molecular flexibility index (Phi) is 7.17. The molecule has 1 aliphatic rings. The highest BCUT2D eigenvalue weighted by Crippen LogP contribution is 2.41. The van der Waals surface area contributed by atoms with E-state index in [1.54, 1.807) is 12.3 Å². The Morgan fingerprint density at radius 3 is 2.05 bits per heavy atom. The van der Waals surface area contributed by atoms with Gasteiger partial charge in [0.15, 0.2) is 0 Å². The summed E-state index contributed by atoms with van der Waals surface area (Å²) < 4.78 is 80.1. The predicted molar refractivity (Wildman–Crippen MR) is 127 cm³/mol. The third-order valence-electron chi connectivity index (χ3n) is 6.70. The maximum absolute atomic E-state index is 13.4.